The van der Waals surface area contributed by atoms with Crippen LogP contribution in [0.5, 0.6) is 0 Å². The van der Waals surface area contributed by atoms with Crippen LogP contribution in [0.25, 0.3) is 0 Å². The molecule has 1 rings (SSSR count). The summed E-state index contributed by atoms with van der Waals surface area (Å²) >= 11 is 0. The summed E-state index contributed by atoms with van der Waals surface area (Å²) in [5, 5.41) is 0. The molecule has 112 valence electrons. The lowest BCUT2D eigenvalue weighted by Crippen LogP contribution is -2.29. The van der Waals surface area contributed by atoms with Gasteiger partial charge in [-0.15, -0.1) is 0 Å². The third-order valence-electron chi connectivity index (χ3n) is 2.64. The zero-order valence-corrected chi connectivity index (χ0v) is 11.6. The predicted octanol–water partition coefficient (Wildman–Crippen LogP) is 0.881. The molecule has 1 aliphatic heterocycles. The Kier molecular flexibility index (Phi) is 6.55. The van der Waals surface area contributed by atoms with E-state index in [0.29, 0.717) is 19.5 Å². The molecule has 7 nitrogen and oxygen atoms in total. The molecule has 1 amide bonds. The van der Waals surface area contributed by atoms with Gasteiger partial charge < -0.3 is 19.1 Å². The van der Waals surface area contributed by atoms with Crippen molar-refractivity contribution in [2.24, 2.45) is 0 Å². The Morgan fingerprint density at radius 2 is 1.85 bits per heavy atom. The zero-order chi connectivity index (χ0) is 15.0. The average molecular weight is 285 g/mol. The number of ether oxygens (including phenoxy) is 3. The van der Waals surface area contributed by atoms with Gasteiger partial charge in [-0.05, 0) is 13.3 Å². The topological polar surface area (TPSA) is 82.1 Å². The van der Waals surface area contributed by atoms with Gasteiger partial charge in [-0.2, -0.15) is 0 Å². The highest BCUT2D eigenvalue weighted by Gasteiger charge is 2.19. The summed E-state index contributed by atoms with van der Waals surface area (Å²) in [6, 6.07) is 0. The lowest BCUT2D eigenvalue weighted by atomic mass is 10.4. The molecule has 0 aliphatic carbocycles. The number of rotatable bonds is 7. The Hall–Kier alpha value is -2.05. The number of carbonyl (C=O) groups excluding carboxylic acids is 3. The van der Waals surface area contributed by atoms with E-state index >= 15 is 0 Å². The monoisotopic (exact) mass is 285 g/mol. The van der Waals surface area contributed by atoms with Gasteiger partial charge in [0.15, 0.2) is 0 Å². The molecule has 1 heterocycles. The second-order valence-corrected chi connectivity index (χ2v) is 4.35. The Morgan fingerprint density at radius 3 is 2.45 bits per heavy atom. The molecule has 1 saturated heterocycles. The van der Waals surface area contributed by atoms with Gasteiger partial charge in [0.05, 0.1) is 6.54 Å². The van der Waals surface area contributed by atoms with Crippen LogP contribution < -0.4 is 0 Å². The van der Waals surface area contributed by atoms with Crippen molar-refractivity contribution in [2.45, 2.75) is 19.8 Å². The van der Waals surface area contributed by atoms with Crippen LogP contribution in [0.2, 0.25) is 0 Å². The highest BCUT2D eigenvalue weighted by molar-refractivity contribution is 5.86. The zero-order valence-electron chi connectivity index (χ0n) is 11.6. The molecule has 0 bridgehead atoms. The van der Waals surface area contributed by atoms with E-state index in [1.54, 1.807) is 4.90 Å². The van der Waals surface area contributed by atoms with E-state index in [4.69, 9.17) is 14.2 Å². The fourth-order valence-corrected chi connectivity index (χ4v) is 1.60. The summed E-state index contributed by atoms with van der Waals surface area (Å²) in [4.78, 5) is 35.1. The maximum atomic E-state index is 11.3. The molecule has 1 aliphatic rings. The largest absolute Gasteiger partial charge is 0.508 e. The second kappa shape index (κ2) is 8.19. The van der Waals surface area contributed by atoms with Crippen molar-refractivity contribution in [1.82, 2.24) is 4.90 Å². The van der Waals surface area contributed by atoms with E-state index in [2.05, 4.69) is 6.58 Å². The quantitative estimate of drug-likeness (QED) is 0.392. The van der Waals surface area contributed by atoms with Gasteiger partial charge in [0.25, 0.3) is 0 Å². The molecule has 0 unspecified atom stereocenters. The van der Waals surface area contributed by atoms with Crippen LogP contribution >= 0.6 is 0 Å². The van der Waals surface area contributed by atoms with Crippen molar-refractivity contribution in [3.8, 4) is 0 Å². The lowest BCUT2D eigenvalue weighted by molar-refractivity contribution is -0.140. The normalized spacial score (nSPS) is 14.1. The van der Waals surface area contributed by atoms with Crippen LogP contribution in [0.1, 0.15) is 19.8 Å². The summed E-state index contributed by atoms with van der Waals surface area (Å²) in [7, 11) is 0. The molecule has 0 spiro atoms. The van der Waals surface area contributed by atoms with Gasteiger partial charge in [0, 0.05) is 18.5 Å². The lowest BCUT2D eigenvalue weighted by Gasteiger charge is -2.14. The first kappa shape index (κ1) is 16.0. The Balaban J connectivity index is 2.02. The van der Waals surface area contributed by atoms with E-state index in [-0.39, 0.29) is 31.3 Å². The first-order valence-electron chi connectivity index (χ1n) is 6.40. The molecular weight excluding hydrogens is 266 g/mol. The smallest absolute Gasteiger partial charge is 0.459 e. The van der Waals surface area contributed by atoms with E-state index in [0.717, 1.165) is 6.42 Å². The molecule has 0 aromatic rings. The van der Waals surface area contributed by atoms with Crippen molar-refractivity contribution in [2.75, 3.05) is 32.9 Å². The molecule has 0 saturated carbocycles. The number of esters is 1. The highest BCUT2D eigenvalue weighted by Crippen LogP contribution is 2.08. The van der Waals surface area contributed by atoms with Crippen LogP contribution in [0, 0.1) is 0 Å². The number of hydrogen-bond donors (Lipinski definition) is 0. The van der Waals surface area contributed by atoms with Gasteiger partial charge in [-0.1, -0.05) is 6.58 Å². The SMILES string of the molecule is C=C(C)C(=O)OCCOC(=O)OCCN1CCCC1=O. The number of likely N-dealkylation sites (tertiary alicyclic amines) is 1. The van der Waals surface area contributed by atoms with Gasteiger partial charge in [0.1, 0.15) is 19.8 Å². The number of nitrogens with zero attached hydrogens (tertiary/aromatic N) is 1. The summed E-state index contributed by atoms with van der Waals surface area (Å²) in [6.07, 6.45) is 0.554. The fourth-order valence-electron chi connectivity index (χ4n) is 1.60. The molecule has 0 aromatic heterocycles. The Bertz CT molecular complexity index is 392. The molecule has 7 heteroatoms. The van der Waals surface area contributed by atoms with Crippen LogP contribution in [0.4, 0.5) is 4.79 Å². The van der Waals surface area contributed by atoms with Crippen molar-refractivity contribution in [1.29, 1.82) is 0 Å². The maximum Gasteiger partial charge on any atom is 0.508 e. The van der Waals surface area contributed by atoms with E-state index in [9.17, 15) is 14.4 Å². The minimum Gasteiger partial charge on any atom is -0.459 e. The summed E-state index contributed by atoms with van der Waals surface area (Å²) < 4.78 is 14.2. The summed E-state index contributed by atoms with van der Waals surface area (Å²) in [5.74, 6) is -0.455. The Labute approximate surface area is 117 Å². The standard InChI is InChI=1S/C13H19NO6/c1-10(2)12(16)18-8-9-20-13(17)19-7-6-14-5-3-4-11(14)15/h1,3-9H2,2H3. The van der Waals surface area contributed by atoms with Crippen LogP contribution in [-0.2, 0) is 23.8 Å². The molecule has 0 atom stereocenters. The molecular formula is C13H19NO6. The van der Waals surface area contributed by atoms with Gasteiger partial charge in [-0.25, -0.2) is 9.59 Å². The minimum atomic E-state index is -0.844. The van der Waals surface area contributed by atoms with Gasteiger partial charge in [-0.3, -0.25) is 4.79 Å². The highest BCUT2D eigenvalue weighted by atomic mass is 16.7. The van der Waals surface area contributed by atoms with Crippen LogP contribution in [0.3, 0.4) is 0 Å². The minimum absolute atomic E-state index is 0.0502. The third kappa shape index (κ3) is 5.73. The fraction of sp³-hybridized carbons (Fsp3) is 0.615. The number of carbonyl (C=O) groups is 3. The molecule has 0 N–H and O–H groups in total. The third-order valence-corrected chi connectivity index (χ3v) is 2.64. The number of amides is 1. The maximum absolute atomic E-state index is 11.3. The van der Waals surface area contributed by atoms with Crippen molar-refractivity contribution in [3.63, 3.8) is 0 Å². The first-order chi connectivity index (χ1) is 9.50. The van der Waals surface area contributed by atoms with Crippen molar-refractivity contribution >= 4 is 18.0 Å². The van der Waals surface area contributed by atoms with E-state index < -0.39 is 12.1 Å². The van der Waals surface area contributed by atoms with E-state index in [1.807, 2.05) is 0 Å². The van der Waals surface area contributed by atoms with Crippen LogP contribution in [0.15, 0.2) is 12.2 Å². The van der Waals surface area contributed by atoms with Gasteiger partial charge >= 0.3 is 12.1 Å². The predicted molar refractivity (Wildman–Crippen MR) is 68.9 cm³/mol. The average Bonchev–Trinajstić information content (AvgIpc) is 2.80. The summed E-state index contributed by atoms with van der Waals surface area (Å²) in [6.45, 7) is 5.98. The van der Waals surface area contributed by atoms with Crippen LogP contribution in [-0.4, -0.2) is 55.8 Å². The second-order valence-electron chi connectivity index (χ2n) is 4.35. The summed E-state index contributed by atoms with van der Waals surface area (Å²) in [5.41, 5.74) is 0.280. The molecule has 20 heavy (non-hydrogen) atoms. The molecule has 0 aromatic carbocycles. The molecule has 0 radical (unpaired) electrons. The first-order valence-corrected chi connectivity index (χ1v) is 6.40. The van der Waals surface area contributed by atoms with Gasteiger partial charge in [0.2, 0.25) is 5.91 Å². The van der Waals surface area contributed by atoms with Crippen molar-refractivity contribution < 1.29 is 28.6 Å². The molecule has 1 fully saturated rings. The van der Waals surface area contributed by atoms with Crippen molar-refractivity contribution in [3.05, 3.63) is 12.2 Å². The van der Waals surface area contributed by atoms with E-state index in [1.165, 1.54) is 6.92 Å². The number of hydrogen-bond acceptors (Lipinski definition) is 6. The Morgan fingerprint density at radius 1 is 1.20 bits per heavy atom.